The number of fused-ring (bicyclic) bond motifs is 1. The minimum absolute atomic E-state index is 0.323. The lowest BCUT2D eigenvalue weighted by Crippen LogP contribution is -2.08. The van der Waals surface area contributed by atoms with Gasteiger partial charge >= 0.3 is 5.69 Å². The highest BCUT2D eigenvalue weighted by molar-refractivity contribution is 5.81. The van der Waals surface area contributed by atoms with E-state index in [1.807, 2.05) is 25.1 Å². The van der Waals surface area contributed by atoms with Crippen LogP contribution in [0.2, 0.25) is 0 Å². The molecule has 1 aromatic carbocycles. The van der Waals surface area contributed by atoms with E-state index in [0.29, 0.717) is 0 Å². The van der Waals surface area contributed by atoms with E-state index in [9.17, 15) is 4.79 Å². The third-order valence-corrected chi connectivity index (χ3v) is 2.11. The molecule has 1 N–H and O–H groups in total. The van der Waals surface area contributed by atoms with Crippen molar-refractivity contribution in [3.05, 3.63) is 47.0 Å². The molecule has 0 spiro atoms. The van der Waals surface area contributed by atoms with Gasteiger partial charge in [-0.05, 0) is 18.6 Å². The molecule has 0 fully saturated rings. The molecule has 3 heteroatoms. The van der Waals surface area contributed by atoms with Crippen molar-refractivity contribution in [3.63, 3.8) is 0 Å². The molecule has 0 saturated carbocycles. The minimum atomic E-state index is -0.323. The van der Waals surface area contributed by atoms with Crippen LogP contribution in [0, 0.1) is 0 Å². The summed E-state index contributed by atoms with van der Waals surface area (Å²) < 4.78 is 0. The van der Waals surface area contributed by atoms with Gasteiger partial charge in [-0.3, -0.25) is 0 Å². The van der Waals surface area contributed by atoms with Crippen LogP contribution in [0.1, 0.15) is 12.5 Å². The first-order valence-electron chi connectivity index (χ1n) is 4.32. The molecule has 0 aliphatic heterocycles. The maximum Gasteiger partial charge on any atom is 0.345 e. The van der Waals surface area contributed by atoms with Gasteiger partial charge in [-0.1, -0.05) is 24.3 Å². The van der Waals surface area contributed by atoms with Crippen molar-refractivity contribution in [1.82, 2.24) is 9.97 Å². The van der Waals surface area contributed by atoms with Crippen LogP contribution >= 0.6 is 0 Å². The Morgan fingerprint density at radius 3 is 3.00 bits per heavy atom. The summed E-state index contributed by atoms with van der Waals surface area (Å²) in [4.78, 5) is 17.3. The van der Waals surface area contributed by atoms with Gasteiger partial charge in [-0.2, -0.15) is 0 Å². The number of hydrogen-bond acceptors (Lipinski definition) is 2. The smallest absolute Gasteiger partial charge is 0.305 e. The highest BCUT2D eigenvalue weighted by Crippen LogP contribution is 2.16. The number of aromatic amines is 1. The lowest BCUT2D eigenvalue weighted by Gasteiger charge is -2.01. The number of hydrogen-bond donors (Lipinski definition) is 1. The van der Waals surface area contributed by atoms with Gasteiger partial charge in [0.05, 0.1) is 5.52 Å². The van der Waals surface area contributed by atoms with Crippen molar-refractivity contribution < 1.29 is 0 Å². The van der Waals surface area contributed by atoms with Gasteiger partial charge in [-0.15, -0.1) is 0 Å². The van der Waals surface area contributed by atoms with E-state index in [1.165, 1.54) is 0 Å². The van der Waals surface area contributed by atoms with Crippen LogP contribution < -0.4 is 5.69 Å². The molecule has 0 saturated heterocycles. The summed E-state index contributed by atoms with van der Waals surface area (Å²) in [7, 11) is 0. The Balaban J connectivity index is 2.75. The van der Waals surface area contributed by atoms with Crippen LogP contribution in [-0.2, 0) is 0 Å². The largest absolute Gasteiger partial charge is 0.345 e. The average Bonchev–Trinajstić information content (AvgIpc) is 2.16. The zero-order chi connectivity index (χ0) is 10.1. The summed E-state index contributed by atoms with van der Waals surface area (Å²) in [6.07, 6.45) is 1.57. The summed E-state index contributed by atoms with van der Waals surface area (Å²) in [6, 6.07) is 5.79. The fraction of sp³-hybridized carbons (Fsp3) is 0.0909. The Labute approximate surface area is 81.1 Å². The predicted molar refractivity (Wildman–Crippen MR) is 57.1 cm³/mol. The van der Waals surface area contributed by atoms with Crippen LogP contribution in [0.15, 0.2) is 35.8 Å². The summed E-state index contributed by atoms with van der Waals surface area (Å²) in [6.45, 7) is 5.78. The lowest BCUT2D eigenvalue weighted by atomic mass is 10.1. The molecule has 1 aromatic heterocycles. The summed E-state index contributed by atoms with van der Waals surface area (Å²) in [5.74, 6) is 0. The van der Waals surface area contributed by atoms with Gasteiger partial charge in [0.1, 0.15) is 0 Å². The highest BCUT2D eigenvalue weighted by Gasteiger charge is 1.97. The molecular weight excluding hydrogens is 176 g/mol. The molecule has 2 aromatic rings. The molecule has 2 rings (SSSR count). The lowest BCUT2D eigenvalue weighted by molar-refractivity contribution is 1.12. The first-order valence-corrected chi connectivity index (χ1v) is 4.32. The van der Waals surface area contributed by atoms with E-state index < -0.39 is 0 Å². The van der Waals surface area contributed by atoms with Crippen LogP contribution in [-0.4, -0.2) is 9.97 Å². The van der Waals surface area contributed by atoms with Crippen molar-refractivity contribution in [3.8, 4) is 0 Å². The van der Waals surface area contributed by atoms with Gasteiger partial charge in [0, 0.05) is 11.6 Å². The maximum absolute atomic E-state index is 11.0. The van der Waals surface area contributed by atoms with Gasteiger partial charge in [0.2, 0.25) is 0 Å². The topological polar surface area (TPSA) is 45.8 Å². The predicted octanol–water partition coefficient (Wildman–Crippen LogP) is 1.96. The number of rotatable bonds is 1. The Hall–Kier alpha value is -1.90. The number of allylic oxidation sites excluding steroid dienone is 1. The number of aromatic nitrogens is 2. The number of nitrogens with zero attached hydrogens (tertiary/aromatic N) is 1. The van der Waals surface area contributed by atoms with E-state index in [1.54, 1.807) is 6.20 Å². The number of nitrogens with one attached hydrogen (secondary N) is 1. The normalized spacial score (nSPS) is 10.4. The van der Waals surface area contributed by atoms with Gasteiger partial charge in [0.15, 0.2) is 0 Å². The maximum atomic E-state index is 11.0. The fourth-order valence-corrected chi connectivity index (χ4v) is 1.32. The van der Waals surface area contributed by atoms with E-state index in [4.69, 9.17) is 0 Å². The molecule has 70 valence electrons. The average molecular weight is 186 g/mol. The van der Waals surface area contributed by atoms with Crippen LogP contribution in [0.5, 0.6) is 0 Å². The van der Waals surface area contributed by atoms with Gasteiger partial charge in [-0.25, -0.2) is 9.78 Å². The Bertz CT molecular complexity index is 554. The van der Waals surface area contributed by atoms with Crippen LogP contribution in [0.25, 0.3) is 16.5 Å². The van der Waals surface area contributed by atoms with E-state index in [2.05, 4.69) is 16.5 Å². The molecule has 0 aliphatic rings. The van der Waals surface area contributed by atoms with E-state index >= 15 is 0 Å². The van der Waals surface area contributed by atoms with Crippen molar-refractivity contribution in [1.29, 1.82) is 0 Å². The third kappa shape index (κ3) is 1.44. The molecule has 0 amide bonds. The summed E-state index contributed by atoms with van der Waals surface area (Å²) in [5, 5.41) is 0.926. The molecule has 0 aliphatic carbocycles. The SMILES string of the molecule is C=C(C)c1ccc2cnc(=O)[nH]c2c1. The molecule has 0 radical (unpaired) electrons. The number of H-pyrrole nitrogens is 1. The second-order valence-corrected chi connectivity index (χ2v) is 3.27. The van der Waals surface area contributed by atoms with Gasteiger partial charge in [0.25, 0.3) is 0 Å². The fourth-order valence-electron chi connectivity index (χ4n) is 1.32. The quantitative estimate of drug-likeness (QED) is 0.739. The second kappa shape index (κ2) is 3.10. The minimum Gasteiger partial charge on any atom is -0.305 e. The highest BCUT2D eigenvalue weighted by atomic mass is 16.1. The van der Waals surface area contributed by atoms with Crippen LogP contribution in [0.4, 0.5) is 0 Å². The summed E-state index contributed by atoms with van der Waals surface area (Å²) >= 11 is 0. The third-order valence-electron chi connectivity index (χ3n) is 2.11. The first-order chi connectivity index (χ1) is 6.66. The molecule has 0 bridgehead atoms. The number of benzene rings is 1. The standard InChI is InChI=1S/C11H10N2O/c1-7(2)8-3-4-9-6-12-11(14)13-10(9)5-8/h3-6H,1H2,2H3,(H,12,13,14). The molecule has 14 heavy (non-hydrogen) atoms. The Kier molecular flexibility index (Phi) is 1.93. The first kappa shape index (κ1) is 8.69. The zero-order valence-corrected chi connectivity index (χ0v) is 7.87. The van der Waals surface area contributed by atoms with Crippen molar-refractivity contribution in [2.24, 2.45) is 0 Å². The summed E-state index contributed by atoms with van der Waals surface area (Å²) in [5.41, 5.74) is 2.48. The van der Waals surface area contributed by atoms with E-state index in [-0.39, 0.29) is 5.69 Å². The second-order valence-electron chi connectivity index (χ2n) is 3.27. The Morgan fingerprint density at radius 2 is 2.29 bits per heavy atom. The van der Waals surface area contributed by atoms with Crippen molar-refractivity contribution >= 4 is 16.5 Å². The van der Waals surface area contributed by atoms with Crippen molar-refractivity contribution in [2.45, 2.75) is 6.92 Å². The zero-order valence-electron chi connectivity index (χ0n) is 7.87. The molecule has 3 nitrogen and oxygen atoms in total. The Morgan fingerprint density at radius 1 is 1.50 bits per heavy atom. The van der Waals surface area contributed by atoms with E-state index in [0.717, 1.165) is 22.0 Å². The molecule has 0 unspecified atom stereocenters. The molecular formula is C11H10N2O. The molecule has 0 atom stereocenters. The van der Waals surface area contributed by atoms with Crippen LogP contribution in [0.3, 0.4) is 0 Å². The van der Waals surface area contributed by atoms with Crippen molar-refractivity contribution in [2.75, 3.05) is 0 Å². The van der Waals surface area contributed by atoms with Gasteiger partial charge < -0.3 is 4.98 Å². The monoisotopic (exact) mass is 186 g/mol. The molecule has 1 heterocycles.